The Hall–Kier alpha value is -1.30. The van der Waals surface area contributed by atoms with Gasteiger partial charge in [0.05, 0.1) is 13.0 Å². The minimum Gasteiger partial charge on any atom is -0.465 e. The van der Waals surface area contributed by atoms with Gasteiger partial charge in [-0.25, -0.2) is 4.79 Å². The van der Waals surface area contributed by atoms with E-state index >= 15 is 0 Å². The topological polar surface area (TPSA) is 65.1 Å². The Morgan fingerprint density at radius 3 is 2.33 bits per heavy atom. The molecule has 5 fully saturated rings. The predicted octanol–water partition coefficient (Wildman–Crippen LogP) is 4.22. The number of hydrogen-bond donors (Lipinski definition) is 0. The maximum atomic E-state index is 12.5. The summed E-state index contributed by atoms with van der Waals surface area (Å²) in [5, 5.41) is 0. The van der Waals surface area contributed by atoms with Crippen LogP contribution in [0.3, 0.4) is 0 Å². The van der Waals surface area contributed by atoms with Crippen LogP contribution < -0.4 is 0 Å². The van der Waals surface area contributed by atoms with Crippen molar-refractivity contribution in [2.24, 2.45) is 29.1 Å². The van der Waals surface area contributed by atoms with E-state index in [-0.39, 0.29) is 36.6 Å². The number of rotatable bonds is 8. The monoisotopic (exact) mass is 420 g/mol. The van der Waals surface area contributed by atoms with E-state index in [1.54, 1.807) is 0 Å². The molecule has 6 nitrogen and oxygen atoms in total. The lowest BCUT2D eigenvalue weighted by Gasteiger charge is -2.56. The van der Waals surface area contributed by atoms with Crippen molar-refractivity contribution in [3.8, 4) is 0 Å². The Kier molecular flexibility index (Phi) is 6.91. The highest BCUT2D eigenvalue weighted by Crippen LogP contribution is 2.61. The van der Waals surface area contributed by atoms with Crippen LogP contribution in [0, 0.1) is 36.0 Å². The fraction of sp³-hybridized carbons (Fsp3) is 0.875. The molecule has 5 aliphatic rings. The maximum Gasteiger partial charge on any atom is 0.508 e. The highest BCUT2D eigenvalue weighted by Gasteiger charge is 2.51. The van der Waals surface area contributed by atoms with Crippen LogP contribution in [0.5, 0.6) is 0 Å². The Labute approximate surface area is 181 Å². The van der Waals surface area contributed by atoms with Crippen LogP contribution in [0.25, 0.3) is 0 Å². The average molecular weight is 421 g/mol. The Morgan fingerprint density at radius 2 is 1.70 bits per heavy atom. The molecule has 1 saturated heterocycles. The summed E-state index contributed by atoms with van der Waals surface area (Å²) in [6, 6.07) is 0. The van der Waals surface area contributed by atoms with Crippen molar-refractivity contribution in [3.05, 3.63) is 6.92 Å². The molecule has 2 atom stereocenters. The summed E-state index contributed by atoms with van der Waals surface area (Å²) < 4.78 is 16.1. The van der Waals surface area contributed by atoms with E-state index in [0.29, 0.717) is 6.42 Å². The normalized spacial score (nSPS) is 36.3. The van der Waals surface area contributed by atoms with E-state index in [4.69, 9.17) is 14.2 Å². The molecule has 169 valence electrons. The fourth-order valence-electron chi connectivity index (χ4n) is 6.88. The number of piperidine rings is 1. The third kappa shape index (κ3) is 5.49. The predicted molar refractivity (Wildman–Crippen MR) is 113 cm³/mol. The molecular formula is C24H38NO5. The average Bonchev–Trinajstić information content (AvgIpc) is 2.69. The zero-order chi connectivity index (χ0) is 21.1. The first-order valence-electron chi connectivity index (χ1n) is 12.0. The molecule has 30 heavy (non-hydrogen) atoms. The first-order valence-corrected chi connectivity index (χ1v) is 12.0. The van der Waals surface area contributed by atoms with E-state index in [0.717, 1.165) is 50.2 Å². The van der Waals surface area contributed by atoms with Gasteiger partial charge in [0.2, 0.25) is 0 Å². The van der Waals surface area contributed by atoms with E-state index in [1.165, 1.54) is 38.5 Å². The van der Waals surface area contributed by atoms with Crippen molar-refractivity contribution in [1.82, 2.24) is 4.90 Å². The minimum atomic E-state index is -0.647. The van der Waals surface area contributed by atoms with Crippen molar-refractivity contribution in [2.45, 2.75) is 70.8 Å². The van der Waals surface area contributed by atoms with Crippen LogP contribution in [0.2, 0.25) is 0 Å². The molecule has 1 heterocycles. The van der Waals surface area contributed by atoms with Crippen LogP contribution in [0.15, 0.2) is 0 Å². The largest absolute Gasteiger partial charge is 0.508 e. The number of nitrogens with zero attached hydrogens (tertiary/aromatic N) is 1. The van der Waals surface area contributed by atoms with Crippen LogP contribution in [-0.2, 0) is 19.0 Å². The van der Waals surface area contributed by atoms with Gasteiger partial charge in [-0.1, -0.05) is 6.92 Å². The molecule has 1 radical (unpaired) electrons. The summed E-state index contributed by atoms with van der Waals surface area (Å²) >= 11 is 0. The van der Waals surface area contributed by atoms with Gasteiger partial charge in [0.15, 0.2) is 0 Å². The minimum absolute atomic E-state index is 0.104. The first kappa shape index (κ1) is 21.9. The molecule has 6 heteroatoms. The van der Waals surface area contributed by atoms with Gasteiger partial charge in [-0.15, -0.1) is 0 Å². The summed E-state index contributed by atoms with van der Waals surface area (Å²) in [4.78, 5) is 26.7. The SMILES string of the molecule is [CH2]C(COC(=O)CC12CC3CC(CC(C3)C1)C2)COC(=O)OC1CCCN(CC)C1. The Balaban J connectivity index is 1.12. The van der Waals surface area contributed by atoms with Crippen LogP contribution in [0.1, 0.15) is 64.7 Å². The molecule has 5 rings (SSSR count). The second-order valence-electron chi connectivity index (χ2n) is 10.5. The molecular weight excluding hydrogens is 382 g/mol. The lowest BCUT2D eigenvalue weighted by atomic mass is 9.49. The van der Waals surface area contributed by atoms with E-state index < -0.39 is 6.16 Å². The van der Waals surface area contributed by atoms with Gasteiger partial charge in [0.25, 0.3) is 0 Å². The molecule has 1 aliphatic heterocycles. The second-order valence-corrected chi connectivity index (χ2v) is 10.5. The smallest absolute Gasteiger partial charge is 0.465 e. The maximum absolute atomic E-state index is 12.5. The quantitative estimate of drug-likeness (QED) is 0.548. The zero-order valence-electron chi connectivity index (χ0n) is 18.5. The van der Waals surface area contributed by atoms with Gasteiger partial charge in [0, 0.05) is 12.5 Å². The molecule has 0 aromatic carbocycles. The first-order chi connectivity index (χ1) is 14.4. The van der Waals surface area contributed by atoms with Crippen LogP contribution >= 0.6 is 0 Å². The van der Waals surface area contributed by atoms with Gasteiger partial charge >= 0.3 is 12.1 Å². The molecule has 4 bridgehead atoms. The van der Waals surface area contributed by atoms with Crippen molar-refractivity contribution < 1.29 is 23.8 Å². The highest BCUT2D eigenvalue weighted by atomic mass is 16.7. The number of carbonyl (C=O) groups excluding carboxylic acids is 2. The van der Waals surface area contributed by atoms with Crippen molar-refractivity contribution in [2.75, 3.05) is 32.8 Å². The molecule has 2 unspecified atom stereocenters. The summed E-state index contributed by atoms with van der Waals surface area (Å²) in [7, 11) is 0. The number of likely N-dealkylation sites (tertiary alicyclic amines) is 1. The second kappa shape index (κ2) is 9.46. The van der Waals surface area contributed by atoms with Gasteiger partial charge in [-0.2, -0.15) is 0 Å². The molecule has 0 aromatic heterocycles. The molecule has 0 aromatic rings. The number of carbonyl (C=O) groups is 2. The number of ether oxygens (including phenoxy) is 3. The molecule has 0 amide bonds. The molecule has 0 spiro atoms. The van der Waals surface area contributed by atoms with Crippen molar-refractivity contribution in [1.29, 1.82) is 0 Å². The Morgan fingerprint density at radius 1 is 1.07 bits per heavy atom. The highest BCUT2D eigenvalue weighted by molar-refractivity contribution is 5.70. The van der Waals surface area contributed by atoms with Crippen LogP contribution in [0.4, 0.5) is 4.79 Å². The van der Waals surface area contributed by atoms with Gasteiger partial charge in [-0.05, 0) is 94.5 Å². The van der Waals surface area contributed by atoms with E-state index in [2.05, 4.69) is 18.7 Å². The Bertz CT molecular complexity index is 585. The third-order valence-electron chi connectivity index (χ3n) is 7.77. The van der Waals surface area contributed by atoms with E-state index in [1.807, 2.05) is 0 Å². The summed E-state index contributed by atoms with van der Waals surface area (Å²) in [5.74, 6) is 2.10. The molecule has 0 N–H and O–H groups in total. The summed E-state index contributed by atoms with van der Waals surface area (Å²) in [6.07, 6.45) is 9.43. The standard InChI is InChI=1S/C24H38NO5/c1-3-25-6-4-5-21(14-25)30-23(27)29-16-17(2)15-28-22(26)13-24-10-18-7-19(11-24)9-20(8-18)12-24/h17-21H,2-16H2,1H3. The van der Waals surface area contributed by atoms with Crippen molar-refractivity contribution >= 4 is 12.1 Å². The number of esters is 1. The van der Waals surface area contributed by atoms with Crippen LogP contribution in [-0.4, -0.2) is 56.0 Å². The molecule has 4 aliphatic carbocycles. The number of likely N-dealkylation sites (N-methyl/N-ethyl adjacent to an activating group) is 1. The van der Waals surface area contributed by atoms with E-state index in [9.17, 15) is 9.59 Å². The lowest BCUT2D eigenvalue weighted by molar-refractivity contribution is -0.153. The van der Waals surface area contributed by atoms with Gasteiger partial charge in [-0.3, -0.25) is 9.69 Å². The zero-order valence-corrected chi connectivity index (χ0v) is 18.5. The molecule has 4 saturated carbocycles. The van der Waals surface area contributed by atoms with Gasteiger partial charge in [0.1, 0.15) is 12.7 Å². The summed E-state index contributed by atoms with van der Waals surface area (Å²) in [5.41, 5.74) is 0.190. The lowest BCUT2D eigenvalue weighted by Crippen LogP contribution is -2.47. The summed E-state index contributed by atoms with van der Waals surface area (Å²) in [6.45, 7) is 9.15. The third-order valence-corrected chi connectivity index (χ3v) is 7.77. The fourth-order valence-corrected chi connectivity index (χ4v) is 6.88. The van der Waals surface area contributed by atoms with Crippen molar-refractivity contribution in [3.63, 3.8) is 0 Å². The van der Waals surface area contributed by atoms with Gasteiger partial charge < -0.3 is 14.2 Å². The number of hydrogen-bond acceptors (Lipinski definition) is 6.